The van der Waals surface area contributed by atoms with E-state index in [0.717, 1.165) is 18.6 Å². The SMILES string of the molecule is C1=CCC(C2NC(C3=CC4=C(C5C=CC=CC35)C3C(CCCC3c3cccc(-c5ccccc5)c3)O4)NC(c3ccccc3)N2)C=C1. The van der Waals surface area contributed by atoms with Gasteiger partial charge in [-0.1, -0.05) is 134 Å². The van der Waals surface area contributed by atoms with Crippen LogP contribution in [0.3, 0.4) is 0 Å². The molecule has 0 spiro atoms. The Kier molecular flexibility index (Phi) is 7.66. The second-order valence-corrected chi connectivity index (χ2v) is 14.0. The topological polar surface area (TPSA) is 45.3 Å². The third-order valence-corrected chi connectivity index (χ3v) is 11.3. The molecule has 3 N–H and O–H groups in total. The van der Waals surface area contributed by atoms with Gasteiger partial charge in [0, 0.05) is 23.7 Å². The van der Waals surface area contributed by atoms with Gasteiger partial charge in [0.1, 0.15) is 11.9 Å². The monoisotopic (exact) mass is 617 g/mol. The molecule has 0 amide bonds. The molecule has 9 rings (SSSR count). The molecule has 4 nitrogen and oxygen atoms in total. The average Bonchev–Trinajstić information content (AvgIpc) is 3.55. The number of nitrogens with one attached hydrogen (secondary N) is 3. The van der Waals surface area contributed by atoms with Crippen LogP contribution in [0.15, 0.2) is 157 Å². The van der Waals surface area contributed by atoms with Gasteiger partial charge in [-0.05, 0) is 71.1 Å². The molecule has 2 fully saturated rings. The molecule has 9 atom stereocenters. The Hall–Kier alpha value is -4.22. The molecule has 9 unspecified atom stereocenters. The molecule has 2 aliphatic heterocycles. The Balaban J connectivity index is 1.08. The highest BCUT2D eigenvalue weighted by molar-refractivity contribution is 5.64. The van der Waals surface area contributed by atoms with Crippen LogP contribution in [0.2, 0.25) is 0 Å². The van der Waals surface area contributed by atoms with E-state index >= 15 is 0 Å². The maximum atomic E-state index is 7.01. The number of allylic oxidation sites excluding steroid dienone is 8. The Bertz CT molecular complexity index is 1800. The van der Waals surface area contributed by atoms with E-state index in [2.05, 4.69) is 156 Å². The van der Waals surface area contributed by atoms with Crippen LogP contribution in [0.25, 0.3) is 11.1 Å². The lowest BCUT2D eigenvalue weighted by molar-refractivity contribution is 0.0763. The van der Waals surface area contributed by atoms with E-state index in [9.17, 15) is 0 Å². The molecule has 1 saturated carbocycles. The second-order valence-electron chi connectivity index (χ2n) is 14.0. The first-order chi connectivity index (χ1) is 23.3. The maximum absolute atomic E-state index is 7.01. The van der Waals surface area contributed by atoms with Crippen LogP contribution in [0.5, 0.6) is 0 Å². The van der Waals surface area contributed by atoms with Gasteiger partial charge < -0.3 is 4.74 Å². The van der Waals surface area contributed by atoms with E-state index in [1.807, 2.05) is 0 Å². The van der Waals surface area contributed by atoms with E-state index in [0.29, 0.717) is 23.7 Å². The molecule has 47 heavy (non-hydrogen) atoms. The van der Waals surface area contributed by atoms with Crippen molar-refractivity contribution in [1.82, 2.24) is 16.0 Å². The Morgan fingerprint density at radius 1 is 0.638 bits per heavy atom. The Morgan fingerprint density at radius 2 is 1.38 bits per heavy atom. The van der Waals surface area contributed by atoms with Crippen molar-refractivity contribution in [2.24, 2.45) is 23.7 Å². The summed E-state index contributed by atoms with van der Waals surface area (Å²) in [7, 11) is 0. The third kappa shape index (κ3) is 5.39. The highest BCUT2D eigenvalue weighted by Gasteiger charge is 2.50. The molecule has 0 bridgehead atoms. The van der Waals surface area contributed by atoms with E-state index in [4.69, 9.17) is 4.74 Å². The summed E-state index contributed by atoms with van der Waals surface area (Å²) in [5.41, 5.74) is 8.18. The minimum absolute atomic E-state index is 0.00745. The average molecular weight is 618 g/mol. The molecule has 6 aliphatic rings. The van der Waals surface area contributed by atoms with Crippen molar-refractivity contribution in [3.05, 3.63) is 168 Å². The van der Waals surface area contributed by atoms with E-state index in [1.54, 1.807) is 0 Å². The summed E-state index contributed by atoms with van der Waals surface area (Å²) in [5.74, 6) is 2.93. The van der Waals surface area contributed by atoms with Crippen molar-refractivity contribution in [2.45, 2.75) is 56.2 Å². The molecular formula is C43H43N3O. The van der Waals surface area contributed by atoms with Crippen LogP contribution in [-0.4, -0.2) is 18.4 Å². The lowest BCUT2D eigenvalue weighted by atomic mass is 9.63. The van der Waals surface area contributed by atoms with Crippen LogP contribution >= 0.6 is 0 Å². The molecule has 3 aromatic carbocycles. The zero-order valence-corrected chi connectivity index (χ0v) is 26.7. The van der Waals surface area contributed by atoms with Crippen molar-refractivity contribution in [1.29, 1.82) is 0 Å². The zero-order chi connectivity index (χ0) is 31.2. The van der Waals surface area contributed by atoms with Gasteiger partial charge in [-0.15, -0.1) is 0 Å². The smallest absolute Gasteiger partial charge is 0.120 e. The molecule has 236 valence electrons. The van der Waals surface area contributed by atoms with Crippen molar-refractivity contribution < 1.29 is 4.74 Å². The molecule has 0 radical (unpaired) electrons. The Morgan fingerprint density at radius 3 is 2.21 bits per heavy atom. The first-order valence-corrected chi connectivity index (χ1v) is 17.6. The molecular weight excluding hydrogens is 574 g/mol. The third-order valence-electron chi connectivity index (χ3n) is 11.3. The van der Waals surface area contributed by atoms with Gasteiger partial charge >= 0.3 is 0 Å². The largest absolute Gasteiger partial charge is 0.490 e. The van der Waals surface area contributed by atoms with Crippen LogP contribution in [-0.2, 0) is 4.74 Å². The van der Waals surface area contributed by atoms with Crippen LogP contribution < -0.4 is 16.0 Å². The number of fused-ring (bicyclic) bond motifs is 4. The zero-order valence-electron chi connectivity index (χ0n) is 26.7. The minimum Gasteiger partial charge on any atom is -0.490 e. The highest BCUT2D eigenvalue weighted by atomic mass is 16.5. The van der Waals surface area contributed by atoms with Gasteiger partial charge in [0.05, 0.1) is 18.5 Å². The number of hydrogen-bond donors (Lipinski definition) is 3. The number of hydrogen-bond acceptors (Lipinski definition) is 4. The van der Waals surface area contributed by atoms with Gasteiger partial charge in [0.2, 0.25) is 0 Å². The highest BCUT2D eigenvalue weighted by Crippen LogP contribution is 2.55. The molecule has 3 aromatic rings. The van der Waals surface area contributed by atoms with Crippen molar-refractivity contribution in [3.8, 4) is 11.1 Å². The minimum atomic E-state index is 0.00745. The summed E-state index contributed by atoms with van der Waals surface area (Å²) in [6.45, 7) is 0. The summed E-state index contributed by atoms with van der Waals surface area (Å²) in [6.07, 6.45) is 25.7. The van der Waals surface area contributed by atoms with Gasteiger partial charge in [-0.25, -0.2) is 0 Å². The van der Waals surface area contributed by atoms with E-state index in [1.165, 1.54) is 46.2 Å². The lowest BCUT2D eigenvalue weighted by Crippen LogP contribution is -2.66. The predicted molar refractivity (Wildman–Crippen MR) is 190 cm³/mol. The van der Waals surface area contributed by atoms with Crippen molar-refractivity contribution >= 4 is 0 Å². The lowest BCUT2D eigenvalue weighted by Gasteiger charge is -2.46. The summed E-state index contributed by atoms with van der Waals surface area (Å²) in [5, 5.41) is 11.9. The Labute approximate surface area is 278 Å². The van der Waals surface area contributed by atoms with Crippen LogP contribution in [0.1, 0.15) is 48.9 Å². The predicted octanol–water partition coefficient (Wildman–Crippen LogP) is 8.45. The fourth-order valence-electron chi connectivity index (χ4n) is 9.10. The van der Waals surface area contributed by atoms with Crippen molar-refractivity contribution in [2.75, 3.05) is 0 Å². The molecule has 0 aromatic heterocycles. The van der Waals surface area contributed by atoms with Crippen molar-refractivity contribution in [3.63, 3.8) is 0 Å². The number of ether oxygens (including phenoxy) is 1. The quantitative estimate of drug-likeness (QED) is 0.269. The normalized spacial score (nSPS) is 33.9. The van der Waals surface area contributed by atoms with E-state index in [-0.39, 0.29) is 30.5 Å². The summed E-state index contributed by atoms with van der Waals surface area (Å²) >= 11 is 0. The molecule has 2 heterocycles. The first kappa shape index (κ1) is 29.0. The van der Waals surface area contributed by atoms with E-state index < -0.39 is 0 Å². The summed E-state index contributed by atoms with van der Waals surface area (Å²) in [4.78, 5) is 0. The number of benzene rings is 3. The molecule has 4 aliphatic carbocycles. The van der Waals surface area contributed by atoms with Gasteiger partial charge in [-0.3, -0.25) is 16.0 Å². The van der Waals surface area contributed by atoms with Crippen LogP contribution in [0.4, 0.5) is 0 Å². The van der Waals surface area contributed by atoms with Gasteiger partial charge in [0.25, 0.3) is 0 Å². The molecule has 4 heteroatoms. The summed E-state index contributed by atoms with van der Waals surface area (Å²) in [6, 6.07) is 30.9. The number of rotatable bonds is 5. The fourth-order valence-corrected chi connectivity index (χ4v) is 9.10. The first-order valence-electron chi connectivity index (χ1n) is 17.6. The van der Waals surface area contributed by atoms with Gasteiger partial charge in [-0.2, -0.15) is 0 Å². The second kappa shape index (κ2) is 12.4. The van der Waals surface area contributed by atoms with Gasteiger partial charge in [0.15, 0.2) is 0 Å². The maximum Gasteiger partial charge on any atom is 0.120 e. The fraction of sp³-hybridized carbons (Fsp3) is 0.302. The summed E-state index contributed by atoms with van der Waals surface area (Å²) < 4.78 is 7.01. The standard InChI is InChI=1S/C43H43N3O/c1-4-14-28(15-5-1)31-20-12-21-32(26-31)33-24-13-25-37-39(33)40-35-23-11-10-22-34(35)36(27-38(40)47-37)43-45-41(29-16-6-2-7-17-29)44-42(46-43)30-18-8-3-9-19-30/h1-12,14-18,20-23,26-27,30,33-35,37,39,41-46H,13,19,24-25H2. The van der Waals surface area contributed by atoms with Crippen LogP contribution in [0, 0.1) is 23.7 Å². The molecule has 1 saturated heterocycles.